The number of nitrogens with zero attached hydrogens (tertiary/aromatic N) is 1. The van der Waals surface area contributed by atoms with Crippen molar-refractivity contribution in [1.82, 2.24) is 4.90 Å². The number of rotatable bonds is 4. The minimum absolute atomic E-state index is 0.616. The van der Waals surface area contributed by atoms with E-state index in [0.717, 1.165) is 13.1 Å². The molecule has 0 saturated carbocycles. The molecule has 0 aromatic heterocycles. The second-order valence-corrected chi connectivity index (χ2v) is 5.42. The van der Waals surface area contributed by atoms with Gasteiger partial charge in [0, 0.05) is 13.1 Å². The van der Waals surface area contributed by atoms with Gasteiger partial charge in [0.25, 0.3) is 0 Å². The monoisotopic (exact) mass is 274 g/mol. The molecule has 2 N–H and O–H groups in total. The Balaban J connectivity index is 2.01. The van der Waals surface area contributed by atoms with E-state index in [1.165, 1.54) is 16.7 Å². The van der Waals surface area contributed by atoms with Gasteiger partial charge in [-0.15, -0.1) is 0 Å². The van der Waals surface area contributed by atoms with Gasteiger partial charge in [-0.05, 0) is 37.2 Å². The molecule has 0 spiro atoms. The zero-order chi connectivity index (χ0) is 13.8. The molecule has 100 valence electrons. The van der Waals surface area contributed by atoms with Crippen LogP contribution in [-0.2, 0) is 13.1 Å². The van der Waals surface area contributed by atoms with Gasteiger partial charge in [-0.2, -0.15) is 0 Å². The third-order valence-electron chi connectivity index (χ3n) is 3.05. The summed E-state index contributed by atoms with van der Waals surface area (Å²) in [5, 5.41) is 0.616. The third-order valence-corrected chi connectivity index (χ3v) is 3.39. The Hall–Kier alpha value is -1.51. The Labute approximate surface area is 119 Å². The largest absolute Gasteiger partial charge is 0.398 e. The fourth-order valence-electron chi connectivity index (χ4n) is 2.18. The fraction of sp³-hybridized carbons (Fsp3) is 0.250. The van der Waals surface area contributed by atoms with Gasteiger partial charge in [0.05, 0.1) is 10.7 Å². The molecule has 2 rings (SSSR count). The van der Waals surface area contributed by atoms with Crippen LogP contribution in [0, 0.1) is 6.92 Å². The number of nitrogens with two attached hydrogens (primary N) is 1. The number of aryl methyl sites for hydroxylation is 1. The second kappa shape index (κ2) is 6.09. The first-order valence-corrected chi connectivity index (χ1v) is 6.70. The SMILES string of the molecule is Cc1cccc(CN(C)Cc2ccc(Cl)c(N)c2)c1. The van der Waals surface area contributed by atoms with E-state index in [-0.39, 0.29) is 0 Å². The molecule has 0 atom stereocenters. The van der Waals surface area contributed by atoms with Crippen LogP contribution in [0.4, 0.5) is 5.69 Å². The van der Waals surface area contributed by atoms with Gasteiger partial charge >= 0.3 is 0 Å². The summed E-state index contributed by atoms with van der Waals surface area (Å²) in [5.41, 5.74) is 10.3. The standard InChI is InChI=1S/C16H19ClN2/c1-12-4-3-5-13(8-12)10-19(2)11-14-6-7-15(17)16(18)9-14/h3-9H,10-11,18H2,1-2H3. The second-order valence-electron chi connectivity index (χ2n) is 5.02. The first-order valence-electron chi connectivity index (χ1n) is 6.32. The van der Waals surface area contributed by atoms with Crippen LogP contribution in [0.2, 0.25) is 5.02 Å². The molecule has 0 aliphatic heterocycles. The van der Waals surface area contributed by atoms with E-state index < -0.39 is 0 Å². The predicted octanol–water partition coefficient (Wildman–Crippen LogP) is 3.86. The maximum absolute atomic E-state index is 5.93. The number of nitrogen functional groups attached to an aromatic ring is 1. The number of halogens is 1. The summed E-state index contributed by atoms with van der Waals surface area (Å²) in [4.78, 5) is 2.26. The number of benzene rings is 2. The lowest BCUT2D eigenvalue weighted by molar-refractivity contribution is 0.319. The lowest BCUT2D eigenvalue weighted by Crippen LogP contribution is -2.17. The lowest BCUT2D eigenvalue weighted by Gasteiger charge is -2.17. The minimum atomic E-state index is 0.616. The van der Waals surface area contributed by atoms with Gasteiger partial charge in [-0.1, -0.05) is 47.5 Å². The van der Waals surface area contributed by atoms with Crippen LogP contribution in [-0.4, -0.2) is 11.9 Å². The Morgan fingerprint density at radius 3 is 2.37 bits per heavy atom. The van der Waals surface area contributed by atoms with E-state index in [4.69, 9.17) is 17.3 Å². The minimum Gasteiger partial charge on any atom is -0.398 e. The van der Waals surface area contributed by atoms with Gasteiger partial charge in [0.15, 0.2) is 0 Å². The zero-order valence-corrected chi connectivity index (χ0v) is 12.1. The van der Waals surface area contributed by atoms with Gasteiger partial charge in [-0.25, -0.2) is 0 Å². The van der Waals surface area contributed by atoms with Gasteiger partial charge in [0.2, 0.25) is 0 Å². The summed E-state index contributed by atoms with van der Waals surface area (Å²) in [6.45, 7) is 3.89. The average Bonchev–Trinajstić information content (AvgIpc) is 2.34. The molecule has 2 aromatic rings. The van der Waals surface area contributed by atoms with Crippen LogP contribution in [0.3, 0.4) is 0 Å². The maximum atomic E-state index is 5.93. The molecule has 0 aliphatic carbocycles. The van der Waals surface area contributed by atoms with Crippen molar-refractivity contribution >= 4 is 17.3 Å². The van der Waals surface area contributed by atoms with E-state index in [1.54, 1.807) is 0 Å². The van der Waals surface area contributed by atoms with E-state index >= 15 is 0 Å². The highest BCUT2D eigenvalue weighted by atomic mass is 35.5. The van der Waals surface area contributed by atoms with Gasteiger partial charge < -0.3 is 5.73 Å². The molecular weight excluding hydrogens is 256 g/mol. The Morgan fingerprint density at radius 2 is 1.74 bits per heavy atom. The summed E-state index contributed by atoms with van der Waals surface area (Å²) in [5.74, 6) is 0. The van der Waals surface area contributed by atoms with Crippen molar-refractivity contribution < 1.29 is 0 Å². The van der Waals surface area contributed by atoms with Crippen LogP contribution < -0.4 is 5.73 Å². The van der Waals surface area contributed by atoms with Crippen molar-refractivity contribution in [3.63, 3.8) is 0 Å². The summed E-state index contributed by atoms with van der Waals surface area (Å²) < 4.78 is 0. The van der Waals surface area contributed by atoms with Gasteiger partial charge in [-0.3, -0.25) is 4.90 Å². The maximum Gasteiger partial charge on any atom is 0.0635 e. The molecule has 3 heteroatoms. The topological polar surface area (TPSA) is 29.3 Å². The van der Waals surface area contributed by atoms with E-state index in [9.17, 15) is 0 Å². The molecule has 0 aliphatic rings. The van der Waals surface area contributed by atoms with Crippen LogP contribution in [0.1, 0.15) is 16.7 Å². The highest BCUT2D eigenvalue weighted by molar-refractivity contribution is 6.33. The number of hydrogen-bond acceptors (Lipinski definition) is 2. The van der Waals surface area contributed by atoms with E-state index in [1.807, 2.05) is 18.2 Å². The first-order chi connectivity index (χ1) is 9.04. The van der Waals surface area contributed by atoms with Crippen molar-refractivity contribution in [2.75, 3.05) is 12.8 Å². The molecule has 19 heavy (non-hydrogen) atoms. The lowest BCUT2D eigenvalue weighted by atomic mass is 10.1. The molecule has 0 radical (unpaired) electrons. The Bertz CT molecular complexity index is 566. The first kappa shape index (κ1) is 13.9. The summed E-state index contributed by atoms with van der Waals surface area (Å²) in [6, 6.07) is 14.4. The normalized spacial score (nSPS) is 10.9. The van der Waals surface area contributed by atoms with Crippen molar-refractivity contribution in [2.45, 2.75) is 20.0 Å². The van der Waals surface area contributed by atoms with Crippen LogP contribution >= 0.6 is 11.6 Å². The molecule has 2 nitrogen and oxygen atoms in total. The van der Waals surface area contributed by atoms with Crippen molar-refractivity contribution in [1.29, 1.82) is 0 Å². The molecule has 0 heterocycles. The highest BCUT2D eigenvalue weighted by Gasteiger charge is 2.04. The third kappa shape index (κ3) is 3.98. The molecule has 0 amide bonds. The van der Waals surface area contributed by atoms with Crippen molar-refractivity contribution in [2.24, 2.45) is 0 Å². The molecular formula is C16H19ClN2. The Morgan fingerprint density at radius 1 is 1.05 bits per heavy atom. The average molecular weight is 275 g/mol. The van der Waals surface area contributed by atoms with Gasteiger partial charge in [0.1, 0.15) is 0 Å². The quantitative estimate of drug-likeness (QED) is 0.858. The van der Waals surface area contributed by atoms with Crippen molar-refractivity contribution in [3.8, 4) is 0 Å². The van der Waals surface area contributed by atoms with Crippen LogP contribution in [0.5, 0.6) is 0 Å². The van der Waals surface area contributed by atoms with E-state index in [0.29, 0.717) is 10.7 Å². The number of anilines is 1. The van der Waals surface area contributed by atoms with Crippen LogP contribution in [0.25, 0.3) is 0 Å². The predicted molar refractivity (Wildman–Crippen MR) is 82.2 cm³/mol. The van der Waals surface area contributed by atoms with Crippen LogP contribution in [0.15, 0.2) is 42.5 Å². The summed E-state index contributed by atoms with van der Waals surface area (Å²) in [7, 11) is 2.10. The summed E-state index contributed by atoms with van der Waals surface area (Å²) in [6.07, 6.45) is 0. The Kier molecular flexibility index (Phi) is 4.46. The number of hydrogen-bond donors (Lipinski definition) is 1. The zero-order valence-electron chi connectivity index (χ0n) is 11.4. The molecule has 0 fully saturated rings. The summed E-state index contributed by atoms with van der Waals surface area (Å²) >= 11 is 5.93. The molecule has 0 saturated heterocycles. The van der Waals surface area contributed by atoms with Crippen molar-refractivity contribution in [3.05, 3.63) is 64.2 Å². The highest BCUT2D eigenvalue weighted by Crippen LogP contribution is 2.20. The smallest absolute Gasteiger partial charge is 0.0635 e. The molecule has 0 bridgehead atoms. The molecule has 2 aromatic carbocycles. The fourth-order valence-corrected chi connectivity index (χ4v) is 2.30. The molecule has 0 unspecified atom stereocenters. The van der Waals surface area contributed by atoms with E-state index in [2.05, 4.69) is 43.1 Å².